The van der Waals surface area contributed by atoms with Crippen molar-refractivity contribution >= 4 is 10.9 Å². The molecule has 0 aliphatic heterocycles. The monoisotopic (exact) mass is 228 g/mol. The maximum atomic E-state index is 2.46. The molecule has 0 saturated heterocycles. The van der Waals surface area contributed by atoms with Crippen molar-refractivity contribution in [2.45, 2.75) is 31.8 Å². The smallest absolute Gasteiger partial charge is 0.0485 e. The molecular formula is C15H20N2. The first-order valence-electron chi connectivity index (χ1n) is 6.39. The lowest BCUT2D eigenvalue weighted by Crippen LogP contribution is -2.41. The molecule has 0 N–H and O–H groups in total. The Morgan fingerprint density at radius 1 is 1.18 bits per heavy atom. The van der Waals surface area contributed by atoms with E-state index in [0.717, 1.165) is 6.04 Å². The third-order valence-electron chi connectivity index (χ3n) is 4.19. The summed E-state index contributed by atoms with van der Waals surface area (Å²) in [6.45, 7) is 2.19. The van der Waals surface area contributed by atoms with Gasteiger partial charge in [0, 0.05) is 29.2 Å². The molecule has 0 radical (unpaired) electrons. The number of benzene rings is 1. The second-order valence-corrected chi connectivity index (χ2v) is 5.47. The van der Waals surface area contributed by atoms with E-state index in [2.05, 4.69) is 60.9 Å². The van der Waals surface area contributed by atoms with Crippen LogP contribution < -0.4 is 0 Å². The van der Waals surface area contributed by atoms with E-state index in [1.807, 2.05) is 0 Å². The van der Waals surface area contributed by atoms with E-state index in [9.17, 15) is 0 Å². The quantitative estimate of drug-likeness (QED) is 0.766. The Hall–Kier alpha value is -1.28. The second kappa shape index (κ2) is 3.88. The highest BCUT2D eigenvalue weighted by molar-refractivity contribution is 5.83. The fourth-order valence-electron chi connectivity index (χ4n) is 2.87. The summed E-state index contributed by atoms with van der Waals surface area (Å²) < 4.78 is 2.46. The van der Waals surface area contributed by atoms with Crippen molar-refractivity contribution in [2.75, 3.05) is 14.1 Å². The van der Waals surface area contributed by atoms with Crippen LogP contribution in [0.3, 0.4) is 0 Å². The van der Waals surface area contributed by atoms with Gasteiger partial charge in [0.1, 0.15) is 0 Å². The van der Waals surface area contributed by atoms with E-state index in [1.165, 1.54) is 29.3 Å². The molecule has 0 bridgehead atoms. The van der Waals surface area contributed by atoms with Crippen LogP contribution in [-0.2, 0) is 0 Å². The number of rotatable bonds is 2. The van der Waals surface area contributed by atoms with Gasteiger partial charge in [-0.25, -0.2) is 0 Å². The normalized spacial score (nSPS) is 24.2. The van der Waals surface area contributed by atoms with Crippen molar-refractivity contribution < 1.29 is 0 Å². The highest BCUT2D eigenvalue weighted by Crippen LogP contribution is 2.37. The van der Waals surface area contributed by atoms with Crippen LogP contribution in [0.2, 0.25) is 0 Å². The van der Waals surface area contributed by atoms with Gasteiger partial charge >= 0.3 is 0 Å². The number of aromatic nitrogens is 1. The molecule has 1 aromatic heterocycles. The van der Waals surface area contributed by atoms with Crippen LogP contribution in [0.4, 0.5) is 0 Å². The Labute approximate surface area is 103 Å². The van der Waals surface area contributed by atoms with Gasteiger partial charge in [0.05, 0.1) is 0 Å². The lowest BCUT2D eigenvalue weighted by Gasteiger charge is -2.40. The van der Waals surface area contributed by atoms with Crippen LogP contribution in [-0.4, -0.2) is 29.6 Å². The Bertz CT molecular complexity index is 533. The van der Waals surface area contributed by atoms with Crippen molar-refractivity contribution in [3.8, 4) is 0 Å². The Kier molecular flexibility index (Phi) is 2.48. The van der Waals surface area contributed by atoms with Crippen molar-refractivity contribution in [3.05, 3.63) is 36.0 Å². The van der Waals surface area contributed by atoms with Crippen molar-refractivity contribution in [1.29, 1.82) is 0 Å². The molecular weight excluding hydrogens is 208 g/mol. The second-order valence-electron chi connectivity index (χ2n) is 5.47. The van der Waals surface area contributed by atoms with Gasteiger partial charge in [-0.1, -0.05) is 12.1 Å². The lowest BCUT2D eigenvalue weighted by atomic mass is 9.85. The van der Waals surface area contributed by atoms with E-state index < -0.39 is 0 Å². The average molecular weight is 228 g/mol. The molecule has 2 heteroatoms. The third kappa shape index (κ3) is 1.67. The fraction of sp³-hybridized carbons (Fsp3) is 0.467. The van der Waals surface area contributed by atoms with Gasteiger partial charge in [-0.05, 0) is 51.6 Å². The minimum atomic E-state index is 0.696. The molecule has 3 rings (SSSR count). The largest absolute Gasteiger partial charge is 0.344 e. The minimum absolute atomic E-state index is 0.696. The molecule has 0 atom stereocenters. The van der Waals surface area contributed by atoms with Crippen LogP contribution in [0.25, 0.3) is 10.9 Å². The zero-order valence-electron chi connectivity index (χ0n) is 10.9. The maximum Gasteiger partial charge on any atom is 0.0485 e. The molecule has 1 aliphatic carbocycles. The number of fused-ring (bicyclic) bond motifs is 1. The SMILES string of the molecule is Cc1cccc2c1ccn2C1CC(N(C)C)C1. The Balaban J connectivity index is 1.90. The van der Waals surface area contributed by atoms with Crippen LogP contribution in [0.1, 0.15) is 24.4 Å². The van der Waals surface area contributed by atoms with Crippen molar-refractivity contribution in [3.63, 3.8) is 0 Å². The van der Waals surface area contributed by atoms with Crippen molar-refractivity contribution in [1.82, 2.24) is 9.47 Å². The predicted molar refractivity (Wildman–Crippen MR) is 72.4 cm³/mol. The first-order valence-corrected chi connectivity index (χ1v) is 6.39. The first kappa shape index (κ1) is 10.8. The van der Waals surface area contributed by atoms with Gasteiger partial charge in [-0.2, -0.15) is 0 Å². The lowest BCUT2D eigenvalue weighted by molar-refractivity contribution is 0.132. The molecule has 0 amide bonds. The van der Waals surface area contributed by atoms with Crippen molar-refractivity contribution in [2.24, 2.45) is 0 Å². The van der Waals surface area contributed by atoms with E-state index in [4.69, 9.17) is 0 Å². The summed E-state index contributed by atoms with van der Waals surface area (Å²) in [5, 5.41) is 1.40. The summed E-state index contributed by atoms with van der Waals surface area (Å²) in [4.78, 5) is 2.34. The molecule has 1 heterocycles. The van der Waals surface area contributed by atoms with E-state index in [0.29, 0.717) is 6.04 Å². The number of aryl methyl sites for hydroxylation is 1. The van der Waals surface area contributed by atoms with Gasteiger partial charge < -0.3 is 9.47 Å². The molecule has 90 valence electrons. The highest BCUT2D eigenvalue weighted by Gasteiger charge is 2.32. The summed E-state index contributed by atoms with van der Waals surface area (Å²) in [5.41, 5.74) is 2.77. The molecule has 2 aromatic rings. The zero-order chi connectivity index (χ0) is 12.0. The molecule has 1 aromatic carbocycles. The highest BCUT2D eigenvalue weighted by atomic mass is 15.1. The molecule has 0 spiro atoms. The molecule has 1 saturated carbocycles. The van der Waals surface area contributed by atoms with Crippen LogP contribution in [0.5, 0.6) is 0 Å². The van der Waals surface area contributed by atoms with Crippen LogP contribution in [0.15, 0.2) is 30.5 Å². The summed E-state index contributed by atoms with van der Waals surface area (Å²) in [5.74, 6) is 0. The van der Waals surface area contributed by atoms with Crippen LogP contribution >= 0.6 is 0 Å². The van der Waals surface area contributed by atoms with Gasteiger partial charge in [0.25, 0.3) is 0 Å². The van der Waals surface area contributed by atoms with Gasteiger partial charge in [-0.3, -0.25) is 0 Å². The minimum Gasteiger partial charge on any atom is -0.344 e. The maximum absolute atomic E-state index is 2.46. The van der Waals surface area contributed by atoms with Gasteiger partial charge in [0.15, 0.2) is 0 Å². The molecule has 1 fully saturated rings. The Morgan fingerprint density at radius 2 is 1.94 bits per heavy atom. The topological polar surface area (TPSA) is 8.17 Å². The predicted octanol–water partition coefficient (Wildman–Crippen LogP) is 3.21. The molecule has 0 unspecified atom stereocenters. The number of nitrogens with zero attached hydrogens (tertiary/aromatic N) is 2. The third-order valence-corrected chi connectivity index (χ3v) is 4.19. The number of hydrogen-bond donors (Lipinski definition) is 0. The van der Waals surface area contributed by atoms with Gasteiger partial charge in [0.2, 0.25) is 0 Å². The van der Waals surface area contributed by atoms with E-state index in [1.54, 1.807) is 0 Å². The summed E-state index contributed by atoms with van der Waals surface area (Å²) >= 11 is 0. The standard InChI is InChI=1S/C15H20N2/c1-11-5-4-6-15-14(11)7-8-17(15)13-9-12(10-13)16(2)3/h4-8,12-13H,9-10H2,1-3H3. The fourth-order valence-corrected chi connectivity index (χ4v) is 2.87. The van der Waals surface area contributed by atoms with Gasteiger partial charge in [-0.15, -0.1) is 0 Å². The summed E-state index contributed by atoms with van der Waals surface area (Å²) in [6.07, 6.45) is 4.82. The van der Waals surface area contributed by atoms with Crippen LogP contribution in [0, 0.1) is 6.92 Å². The molecule has 17 heavy (non-hydrogen) atoms. The average Bonchev–Trinajstić information content (AvgIpc) is 2.61. The van der Waals surface area contributed by atoms with E-state index >= 15 is 0 Å². The zero-order valence-corrected chi connectivity index (χ0v) is 10.9. The molecule has 2 nitrogen and oxygen atoms in total. The first-order chi connectivity index (χ1) is 8.16. The van der Waals surface area contributed by atoms with E-state index in [-0.39, 0.29) is 0 Å². The number of hydrogen-bond acceptors (Lipinski definition) is 1. The summed E-state index contributed by atoms with van der Waals surface area (Å²) in [7, 11) is 4.36. The Morgan fingerprint density at radius 3 is 2.65 bits per heavy atom. The summed E-state index contributed by atoms with van der Waals surface area (Å²) in [6, 6.07) is 10.3. The molecule has 1 aliphatic rings.